The first-order chi connectivity index (χ1) is 18.7. The second kappa shape index (κ2) is 14.2. The van der Waals surface area contributed by atoms with Gasteiger partial charge in [0.15, 0.2) is 20.5 Å². The van der Waals surface area contributed by atoms with E-state index >= 15 is 0 Å². The summed E-state index contributed by atoms with van der Waals surface area (Å²) in [6.45, 7) is 15.1. The zero-order valence-corrected chi connectivity index (χ0v) is 26.6. The summed E-state index contributed by atoms with van der Waals surface area (Å²) in [5, 5.41) is 2.35. The van der Waals surface area contributed by atoms with Crippen LogP contribution in [0.3, 0.4) is 0 Å². The molecule has 1 saturated heterocycles. The molecule has 0 aromatic heterocycles. The SMILES string of the molecule is COC(=O)[C@@]1(OC(C)=O)C[C@H](OC(C)=O)[C@@H](NC(C)=O)[C@H]([C@H](OC(C)=O)[C@@H](CO[Si](C)(C)C(C)(C)C)OC(C)=O)O1. The Balaban J connectivity index is 3.87. The average Bonchev–Trinajstić information content (AvgIpc) is 2.79. The Hall–Kier alpha value is -3.04. The highest BCUT2D eigenvalue weighted by Gasteiger charge is 2.60. The molecule has 1 amide bonds. The molecule has 1 fully saturated rings. The van der Waals surface area contributed by atoms with Gasteiger partial charge >= 0.3 is 35.6 Å². The van der Waals surface area contributed by atoms with Crippen molar-refractivity contribution in [3.63, 3.8) is 0 Å². The molecule has 0 aliphatic carbocycles. The highest BCUT2D eigenvalue weighted by Crippen LogP contribution is 2.39. The summed E-state index contributed by atoms with van der Waals surface area (Å²) in [5.74, 6) is -7.59. The van der Waals surface area contributed by atoms with E-state index in [1.54, 1.807) is 0 Å². The number of carbonyl (C=O) groups is 6. The van der Waals surface area contributed by atoms with Crippen LogP contribution in [0.25, 0.3) is 0 Å². The van der Waals surface area contributed by atoms with Crippen molar-refractivity contribution >= 4 is 44.1 Å². The third-order valence-corrected chi connectivity index (χ3v) is 11.3. The van der Waals surface area contributed by atoms with Crippen molar-refractivity contribution in [2.24, 2.45) is 0 Å². The third kappa shape index (κ3) is 10.1. The fraction of sp³-hybridized carbons (Fsp3) is 0.769. The van der Waals surface area contributed by atoms with Gasteiger partial charge in [-0.1, -0.05) is 20.8 Å². The van der Waals surface area contributed by atoms with E-state index in [0.29, 0.717) is 0 Å². The van der Waals surface area contributed by atoms with Crippen LogP contribution in [0.4, 0.5) is 0 Å². The summed E-state index contributed by atoms with van der Waals surface area (Å²) in [6, 6.07) is -1.28. The summed E-state index contributed by atoms with van der Waals surface area (Å²) >= 11 is 0. The normalized spacial score (nSPS) is 24.2. The predicted octanol–water partition coefficient (Wildman–Crippen LogP) is 1.53. The lowest BCUT2D eigenvalue weighted by Gasteiger charge is -2.48. The van der Waals surface area contributed by atoms with E-state index in [1.807, 2.05) is 33.9 Å². The van der Waals surface area contributed by atoms with Gasteiger partial charge < -0.3 is 38.2 Å². The number of amides is 1. The topological polar surface area (TPSA) is 179 Å². The Bertz CT molecular complexity index is 1010. The van der Waals surface area contributed by atoms with Crippen LogP contribution in [0.5, 0.6) is 0 Å². The second-order valence-electron chi connectivity index (χ2n) is 11.3. The molecule has 1 N–H and O–H groups in total. The summed E-state index contributed by atoms with van der Waals surface area (Å²) in [4.78, 5) is 74.1. The predicted molar refractivity (Wildman–Crippen MR) is 143 cm³/mol. The third-order valence-electron chi connectivity index (χ3n) is 6.77. The van der Waals surface area contributed by atoms with E-state index in [9.17, 15) is 28.8 Å². The number of nitrogens with one attached hydrogen (secondary N) is 1. The van der Waals surface area contributed by atoms with Gasteiger partial charge in [-0.15, -0.1) is 0 Å². The first-order valence-electron chi connectivity index (χ1n) is 13.0. The molecule has 0 unspecified atom stereocenters. The van der Waals surface area contributed by atoms with Crippen LogP contribution >= 0.6 is 0 Å². The maximum absolute atomic E-state index is 13.0. The van der Waals surface area contributed by atoms with E-state index in [-0.39, 0.29) is 11.6 Å². The zero-order valence-electron chi connectivity index (χ0n) is 25.6. The number of hydrogen-bond donors (Lipinski definition) is 1. The largest absolute Gasteiger partial charge is 0.464 e. The van der Waals surface area contributed by atoms with Crippen molar-refractivity contribution in [3.05, 3.63) is 0 Å². The Morgan fingerprint density at radius 2 is 1.49 bits per heavy atom. The molecule has 6 atom stereocenters. The molecule has 14 nitrogen and oxygen atoms in total. The van der Waals surface area contributed by atoms with Gasteiger partial charge in [0.05, 0.1) is 26.2 Å². The monoisotopic (exact) mass is 605 g/mol. The van der Waals surface area contributed by atoms with Gasteiger partial charge in [0.25, 0.3) is 0 Å². The lowest BCUT2D eigenvalue weighted by Crippen LogP contribution is -2.69. The maximum atomic E-state index is 13.0. The maximum Gasteiger partial charge on any atom is 0.379 e. The van der Waals surface area contributed by atoms with E-state index in [1.165, 1.54) is 6.92 Å². The lowest BCUT2D eigenvalue weighted by atomic mass is 9.88. The highest BCUT2D eigenvalue weighted by atomic mass is 28.4. The van der Waals surface area contributed by atoms with Gasteiger partial charge in [0, 0.05) is 34.6 Å². The molecule has 15 heteroatoms. The number of esters is 5. The zero-order chi connectivity index (χ0) is 31.9. The number of ether oxygens (including phenoxy) is 6. The van der Waals surface area contributed by atoms with E-state index < -0.39 is 86.7 Å². The minimum atomic E-state index is -2.49. The second-order valence-corrected chi connectivity index (χ2v) is 16.1. The van der Waals surface area contributed by atoms with Crippen LogP contribution in [-0.2, 0) is 61.6 Å². The van der Waals surface area contributed by atoms with Crippen LogP contribution in [0, 0.1) is 0 Å². The van der Waals surface area contributed by atoms with Crippen LogP contribution in [0.15, 0.2) is 0 Å². The van der Waals surface area contributed by atoms with Crippen LogP contribution in [-0.4, -0.2) is 94.0 Å². The lowest BCUT2D eigenvalue weighted by molar-refractivity contribution is -0.303. The van der Waals surface area contributed by atoms with E-state index in [2.05, 4.69) is 5.32 Å². The van der Waals surface area contributed by atoms with Crippen molar-refractivity contribution in [2.75, 3.05) is 13.7 Å². The molecule has 0 radical (unpaired) electrons. The van der Waals surface area contributed by atoms with Crippen molar-refractivity contribution in [1.82, 2.24) is 5.32 Å². The fourth-order valence-corrected chi connectivity index (χ4v) is 5.06. The number of hydrogen-bond acceptors (Lipinski definition) is 13. The van der Waals surface area contributed by atoms with Crippen molar-refractivity contribution in [3.8, 4) is 0 Å². The molecular formula is C26H43NO13Si. The molecule has 0 spiro atoms. The quantitative estimate of drug-likeness (QED) is 0.204. The molecule has 1 aliphatic rings. The molecule has 0 saturated carbocycles. The Morgan fingerprint density at radius 1 is 0.927 bits per heavy atom. The van der Waals surface area contributed by atoms with Crippen molar-refractivity contribution in [1.29, 1.82) is 0 Å². The van der Waals surface area contributed by atoms with Gasteiger partial charge in [0.2, 0.25) is 5.91 Å². The Morgan fingerprint density at radius 3 is 1.90 bits per heavy atom. The molecule has 1 heterocycles. The van der Waals surface area contributed by atoms with Crippen LogP contribution in [0.2, 0.25) is 18.1 Å². The van der Waals surface area contributed by atoms with Gasteiger partial charge in [-0.05, 0) is 18.1 Å². The van der Waals surface area contributed by atoms with Gasteiger partial charge in [-0.3, -0.25) is 24.0 Å². The first kappa shape index (κ1) is 36.0. The Labute approximate surface area is 241 Å². The average molecular weight is 606 g/mol. The van der Waals surface area contributed by atoms with Crippen molar-refractivity contribution < 1.29 is 61.6 Å². The van der Waals surface area contributed by atoms with Gasteiger partial charge in [0.1, 0.15) is 12.2 Å². The molecule has 41 heavy (non-hydrogen) atoms. The molecule has 0 bridgehead atoms. The molecule has 0 aromatic carbocycles. The summed E-state index contributed by atoms with van der Waals surface area (Å²) in [5.41, 5.74) is 0. The van der Waals surface area contributed by atoms with E-state index in [4.69, 9.17) is 32.8 Å². The number of methoxy groups -OCH3 is 1. The van der Waals surface area contributed by atoms with E-state index in [0.717, 1.165) is 34.8 Å². The molecular weight excluding hydrogens is 562 g/mol. The summed E-state index contributed by atoms with van der Waals surface area (Å²) in [6.07, 6.45) is -6.42. The smallest absolute Gasteiger partial charge is 0.379 e. The standard InChI is InChI=1S/C26H43NO13Si/c1-14(28)27-21-19(36-15(2)29)12-26(24(33)34-9,39-18(5)32)40-23(21)22(38-17(4)31)20(37-16(3)30)13-35-41(10,11)25(6,7)8/h19-23H,12-13H2,1-11H3,(H,27,28)/t19-,20+,21+,22+,23+,26+/m0/s1. The molecule has 234 valence electrons. The van der Waals surface area contributed by atoms with Crippen LogP contribution < -0.4 is 5.32 Å². The first-order valence-corrected chi connectivity index (χ1v) is 15.9. The van der Waals surface area contributed by atoms with Gasteiger partial charge in [-0.2, -0.15) is 0 Å². The minimum Gasteiger partial charge on any atom is -0.464 e. The molecule has 1 aliphatic heterocycles. The molecule has 0 aromatic rings. The van der Waals surface area contributed by atoms with Crippen LogP contribution in [0.1, 0.15) is 61.8 Å². The number of rotatable bonds is 11. The Kier molecular flexibility index (Phi) is 12.5. The fourth-order valence-electron chi connectivity index (χ4n) is 4.04. The van der Waals surface area contributed by atoms with Crippen molar-refractivity contribution in [2.45, 2.75) is 116 Å². The summed E-state index contributed by atoms with van der Waals surface area (Å²) < 4.78 is 39.0. The summed E-state index contributed by atoms with van der Waals surface area (Å²) in [7, 11) is -1.44. The van der Waals surface area contributed by atoms with Gasteiger partial charge in [-0.25, -0.2) is 4.79 Å². The highest BCUT2D eigenvalue weighted by molar-refractivity contribution is 6.74. The minimum absolute atomic E-state index is 0.249. The molecule has 1 rings (SSSR count). The number of carbonyl (C=O) groups excluding carboxylic acids is 6.